The van der Waals surface area contributed by atoms with Crippen LogP contribution < -0.4 is 5.32 Å². The summed E-state index contributed by atoms with van der Waals surface area (Å²) in [5.41, 5.74) is 0.765. The van der Waals surface area contributed by atoms with Gasteiger partial charge in [0, 0.05) is 17.7 Å². The first kappa shape index (κ1) is 13.7. The molecule has 2 rings (SSSR count). The first-order valence-corrected chi connectivity index (χ1v) is 7.62. The zero-order valence-corrected chi connectivity index (χ0v) is 11.5. The van der Waals surface area contributed by atoms with Gasteiger partial charge in [0.05, 0.1) is 0 Å². The Labute approximate surface area is 112 Å². The molecule has 1 unspecified atom stereocenters. The number of benzene rings is 1. The zero-order chi connectivity index (χ0) is 13.0. The maximum absolute atomic E-state index is 12.9. The first-order valence-electron chi connectivity index (χ1n) is 6.46. The number of thioether (sulfide) groups is 1. The lowest BCUT2D eigenvalue weighted by molar-refractivity contribution is 0.407. The van der Waals surface area contributed by atoms with Crippen LogP contribution in [0.3, 0.4) is 0 Å². The van der Waals surface area contributed by atoms with Gasteiger partial charge >= 0.3 is 0 Å². The zero-order valence-electron chi connectivity index (χ0n) is 10.7. The van der Waals surface area contributed by atoms with Gasteiger partial charge in [0.1, 0.15) is 11.6 Å². The lowest BCUT2D eigenvalue weighted by atomic mass is 10.0. The van der Waals surface area contributed by atoms with Crippen LogP contribution in [0.2, 0.25) is 0 Å². The van der Waals surface area contributed by atoms with Crippen LogP contribution in [0.15, 0.2) is 18.2 Å². The van der Waals surface area contributed by atoms with Crippen LogP contribution in [0.25, 0.3) is 0 Å². The molecule has 0 aromatic heterocycles. The number of hydrogen-bond donors (Lipinski definition) is 2. The second-order valence-corrected chi connectivity index (χ2v) is 6.11. The highest BCUT2D eigenvalue weighted by Gasteiger charge is 2.16. The van der Waals surface area contributed by atoms with E-state index in [2.05, 4.69) is 5.32 Å². The Morgan fingerprint density at radius 2 is 2.17 bits per heavy atom. The molecule has 1 fully saturated rings. The topological polar surface area (TPSA) is 32.3 Å². The van der Waals surface area contributed by atoms with Gasteiger partial charge < -0.3 is 10.4 Å². The highest BCUT2D eigenvalue weighted by atomic mass is 32.2. The van der Waals surface area contributed by atoms with Gasteiger partial charge in [0.15, 0.2) is 0 Å². The van der Waals surface area contributed by atoms with Gasteiger partial charge in [-0.1, -0.05) is 6.07 Å². The standard InChI is InChI=1S/C14H20FNOS/c1-10(13-3-2-12(15)8-14(13)17)16-9-11-4-6-18-7-5-11/h2-3,8,10-11,16-17H,4-7,9H2,1H3. The maximum Gasteiger partial charge on any atom is 0.126 e. The first-order chi connectivity index (χ1) is 8.66. The van der Waals surface area contributed by atoms with Crippen LogP contribution >= 0.6 is 11.8 Å². The Kier molecular flexibility index (Phi) is 4.89. The number of phenols is 1. The molecule has 1 aromatic rings. The van der Waals surface area contributed by atoms with Crippen molar-refractivity contribution in [1.82, 2.24) is 5.32 Å². The summed E-state index contributed by atoms with van der Waals surface area (Å²) in [5, 5.41) is 13.2. The van der Waals surface area contributed by atoms with Crippen molar-refractivity contribution >= 4 is 11.8 Å². The summed E-state index contributed by atoms with van der Waals surface area (Å²) >= 11 is 2.02. The molecule has 18 heavy (non-hydrogen) atoms. The number of nitrogens with one attached hydrogen (secondary N) is 1. The fourth-order valence-corrected chi connectivity index (χ4v) is 3.49. The Hall–Kier alpha value is -0.740. The van der Waals surface area contributed by atoms with E-state index < -0.39 is 5.82 Å². The molecule has 4 heteroatoms. The van der Waals surface area contributed by atoms with Crippen LogP contribution in [0.5, 0.6) is 5.75 Å². The summed E-state index contributed by atoms with van der Waals surface area (Å²) in [4.78, 5) is 0. The third-order valence-corrected chi connectivity index (χ3v) is 4.56. The van der Waals surface area contributed by atoms with Crippen LogP contribution in [-0.4, -0.2) is 23.2 Å². The van der Waals surface area contributed by atoms with E-state index in [1.807, 2.05) is 18.7 Å². The summed E-state index contributed by atoms with van der Waals surface area (Å²) in [6.07, 6.45) is 2.53. The summed E-state index contributed by atoms with van der Waals surface area (Å²) < 4.78 is 12.9. The van der Waals surface area contributed by atoms with Crippen LogP contribution in [0.1, 0.15) is 31.4 Å². The number of aromatic hydroxyl groups is 1. The van der Waals surface area contributed by atoms with E-state index in [4.69, 9.17) is 0 Å². The largest absolute Gasteiger partial charge is 0.508 e. The van der Waals surface area contributed by atoms with Crippen molar-refractivity contribution in [3.05, 3.63) is 29.6 Å². The molecule has 0 aliphatic carbocycles. The number of hydrogen-bond acceptors (Lipinski definition) is 3. The molecular weight excluding hydrogens is 249 g/mol. The minimum absolute atomic E-state index is 0.0363. The molecular formula is C14H20FNOS. The van der Waals surface area contributed by atoms with E-state index >= 15 is 0 Å². The van der Waals surface area contributed by atoms with Gasteiger partial charge in [-0.25, -0.2) is 4.39 Å². The van der Waals surface area contributed by atoms with Gasteiger partial charge in [-0.15, -0.1) is 0 Å². The average molecular weight is 269 g/mol. The molecule has 0 radical (unpaired) electrons. The molecule has 1 saturated heterocycles. The van der Waals surface area contributed by atoms with Gasteiger partial charge in [0.25, 0.3) is 0 Å². The summed E-state index contributed by atoms with van der Waals surface area (Å²) in [5.74, 6) is 2.88. The van der Waals surface area contributed by atoms with Gasteiger partial charge in [0.2, 0.25) is 0 Å². The summed E-state index contributed by atoms with van der Waals surface area (Å²) in [6.45, 7) is 2.98. The maximum atomic E-state index is 12.9. The number of halogens is 1. The van der Waals surface area contributed by atoms with Gasteiger partial charge in [-0.05, 0) is 49.8 Å². The fourth-order valence-electron chi connectivity index (χ4n) is 2.29. The van der Waals surface area contributed by atoms with Crippen molar-refractivity contribution in [1.29, 1.82) is 0 Å². The van der Waals surface area contributed by atoms with E-state index in [0.717, 1.165) is 18.0 Å². The Morgan fingerprint density at radius 3 is 2.83 bits per heavy atom. The molecule has 1 atom stereocenters. The highest BCUT2D eigenvalue weighted by molar-refractivity contribution is 7.99. The molecule has 1 aromatic carbocycles. The Bertz CT molecular complexity index is 393. The van der Waals surface area contributed by atoms with Crippen molar-refractivity contribution < 1.29 is 9.50 Å². The quantitative estimate of drug-likeness (QED) is 0.879. The molecule has 2 N–H and O–H groups in total. The second kappa shape index (κ2) is 6.43. The number of phenolic OH excluding ortho intramolecular Hbond substituents is 1. The Morgan fingerprint density at radius 1 is 1.44 bits per heavy atom. The normalized spacial score (nSPS) is 18.8. The summed E-state index contributed by atoms with van der Waals surface area (Å²) in [6, 6.07) is 4.27. The highest BCUT2D eigenvalue weighted by Crippen LogP contribution is 2.26. The number of rotatable bonds is 4. The third-order valence-electron chi connectivity index (χ3n) is 3.51. The average Bonchev–Trinajstić information content (AvgIpc) is 2.37. The molecule has 1 aliphatic heterocycles. The molecule has 0 spiro atoms. The lowest BCUT2D eigenvalue weighted by Crippen LogP contribution is -2.28. The smallest absolute Gasteiger partial charge is 0.126 e. The second-order valence-electron chi connectivity index (χ2n) is 4.89. The summed E-state index contributed by atoms with van der Waals surface area (Å²) in [7, 11) is 0. The molecule has 1 heterocycles. The molecule has 0 saturated carbocycles. The molecule has 1 aliphatic rings. The van der Waals surface area contributed by atoms with Gasteiger partial charge in [-0.2, -0.15) is 11.8 Å². The van der Waals surface area contributed by atoms with Crippen molar-refractivity contribution in [3.8, 4) is 5.75 Å². The third kappa shape index (κ3) is 3.62. The predicted molar refractivity (Wildman–Crippen MR) is 74.5 cm³/mol. The molecule has 100 valence electrons. The minimum Gasteiger partial charge on any atom is -0.508 e. The SMILES string of the molecule is CC(NCC1CCSCC1)c1ccc(F)cc1O. The van der Waals surface area contributed by atoms with Crippen molar-refractivity contribution in [2.24, 2.45) is 5.92 Å². The van der Waals surface area contributed by atoms with Crippen molar-refractivity contribution in [2.75, 3.05) is 18.1 Å². The van der Waals surface area contributed by atoms with Crippen LogP contribution in [0.4, 0.5) is 4.39 Å². The molecule has 0 amide bonds. The predicted octanol–water partition coefficient (Wildman–Crippen LogP) is 3.33. The van der Waals surface area contributed by atoms with E-state index in [1.54, 1.807) is 6.07 Å². The van der Waals surface area contributed by atoms with Gasteiger partial charge in [-0.3, -0.25) is 0 Å². The van der Waals surface area contributed by atoms with Crippen LogP contribution in [0, 0.1) is 11.7 Å². The monoisotopic (exact) mass is 269 g/mol. The van der Waals surface area contributed by atoms with Crippen molar-refractivity contribution in [2.45, 2.75) is 25.8 Å². The van der Waals surface area contributed by atoms with Crippen molar-refractivity contribution in [3.63, 3.8) is 0 Å². The van der Waals surface area contributed by atoms with E-state index in [0.29, 0.717) is 0 Å². The fraction of sp³-hybridized carbons (Fsp3) is 0.571. The lowest BCUT2D eigenvalue weighted by Gasteiger charge is -2.24. The van der Waals surface area contributed by atoms with Crippen LogP contribution in [-0.2, 0) is 0 Å². The van der Waals surface area contributed by atoms with E-state index in [-0.39, 0.29) is 11.8 Å². The van der Waals surface area contributed by atoms with E-state index in [1.165, 1.54) is 36.5 Å². The molecule has 2 nitrogen and oxygen atoms in total. The molecule has 0 bridgehead atoms. The van der Waals surface area contributed by atoms with E-state index in [9.17, 15) is 9.50 Å². The Balaban J connectivity index is 1.88. The minimum atomic E-state index is -0.396.